The normalized spacial score (nSPS) is 38.8. The van der Waals surface area contributed by atoms with Crippen LogP contribution in [-0.4, -0.2) is 101 Å². The number of halogens is 2. The van der Waals surface area contributed by atoms with Crippen molar-refractivity contribution in [1.82, 2.24) is 29.1 Å². The second-order valence-electron chi connectivity index (χ2n) is 10.2. The van der Waals surface area contributed by atoms with Crippen LogP contribution in [0.1, 0.15) is 29.4 Å². The average molecular weight is 678 g/mol. The fourth-order valence-corrected chi connectivity index (χ4v) is 7.23. The van der Waals surface area contributed by atoms with Gasteiger partial charge in [0.2, 0.25) is 5.95 Å². The molecule has 0 spiro atoms. The van der Waals surface area contributed by atoms with Gasteiger partial charge in [0.1, 0.15) is 24.4 Å². The number of fused-ring (bicyclic) bond motifs is 5. The number of anilines is 1. The highest BCUT2D eigenvalue weighted by Crippen LogP contribution is 2.54. The van der Waals surface area contributed by atoms with Crippen molar-refractivity contribution >= 4 is 50.6 Å². The summed E-state index contributed by atoms with van der Waals surface area (Å²) in [5.74, 6) is -0.771. The van der Waals surface area contributed by atoms with Crippen molar-refractivity contribution in [3.8, 4) is 0 Å². The first-order valence-corrected chi connectivity index (χ1v) is 16.1. The average Bonchev–Trinajstić information content (AvgIpc) is 3.72. The largest absolute Gasteiger partial charge is 0.472 e. The number of aromatic nitrogens is 6. The summed E-state index contributed by atoms with van der Waals surface area (Å²) in [7, 11) is -10.5. The lowest BCUT2D eigenvalue weighted by atomic mass is 10.1. The maximum atomic E-state index is 15.8. The number of aromatic amines is 1. The number of ketones is 1. The van der Waals surface area contributed by atoms with Crippen LogP contribution < -0.4 is 11.3 Å². The van der Waals surface area contributed by atoms with E-state index < -0.39 is 89.4 Å². The Bertz CT molecular complexity index is 1870. The zero-order chi connectivity index (χ0) is 31.8. The number of nitrogen functional groups attached to an aromatic ring is 1. The minimum Gasteiger partial charge on any atom is -0.369 e. The fourth-order valence-electron chi connectivity index (χ4n) is 5.35. The van der Waals surface area contributed by atoms with Gasteiger partial charge in [-0.05, 0) is 0 Å². The number of rotatable bonds is 2. The summed E-state index contributed by atoms with van der Waals surface area (Å²) >= 11 is 0. The van der Waals surface area contributed by atoms with Crippen LogP contribution in [0.25, 0.3) is 11.2 Å². The van der Waals surface area contributed by atoms with Gasteiger partial charge in [-0.1, -0.05) is 0 Å². The molecule has 242 valence electrons. The Morgan fingerprint density at radius 2 is 1.60 bits per heavy atom. The molecule has 3 saturated heterocycles. The number of H-pyrrole nitrogens is 1. The lowest BCUT2D eigenvalue weighted by Gasteiger charge is -2.25. The van der Waals surface area contributed by atoms with Crippen molar-refractivity contribution in [3.05, 3.63) is 28.7 Å². The topological polar surface area (TPSA) is 267 Å². The highest BCUT2D eigenvalue weighted by Gasteiger charge is 2.55. The molecular formula is C21H22F2N8O12P2. The molecule has 3 aromatic rings. The Kier molecular flexibility index (Phi) is 7.36. The van der Waals surface area contributed by atoms with E-state index in [1.807, 2.05) is 0 Å². The van der Waals surface area contributed by atoms with Crippen molar-refractivity contribution in [2.24, 2.45) is 4.99 Å². The zero-order valence-corrected chi connectivity index (χ0v) is 24.1. The highest BCUT2D eigenvalue weighted by atomic mass is 31.2. The number of hydrogen-bond donors (Lipinski definition) is 4. The van der Waals surface area contributed by atoms with Gasteiger partial charge in [0.25, 0.3) is 5.56 Å². The van der Waals surface area contributed by atoms with E-state index in [-0.39, 0.29) is 35.0 Å². The first-order valence-electron chi connectivity index (χ1n) is 13.1. The van der Waals surface area contributed by atoms with Crippen molar-refractivity contribution in [2.45, 2.75) is 55.6 Å². The van der Waals surface area contributed by atoms with Crippen molar-refractivity contribution in [3.63, 3.8) is 0 Å². The lowest BCUT2D eigenvalue weighted by Crippen LogP contribution is -2.34. The molecule has 45 heavy (non-hydrogen) atoms. The van der Waals surface area contributed by atoms with Crippen LogP contribution >= 0.6 is 15.6 Å². The Morgan fingerprint density at radius 1 is 0.933 bits per heavy atom. The summed E-state index contributed by atoms with van der Waals surface area (Å²) in [6.45, 7) is -1.97. The van der Waals surface area contributed by atoms with Gasteiger partial charge in [-0.2, -0.15) is 4.98 Å². The molecule has 7 heterocycles. The van der Waals surface area contributed by atoms with Gasteiger partial charge >= 0.3 is 15.6 Å². The molecule has 0 aliphatic carbocycles. The summed E-state index contributed by atoms with van der Waals surface area (Å²) in [6.07, 6.45) is -11.8. The van der Waals surface area contributed by atoms with E-state index >= 15 is 8.78 Å². The van der Waals surface area contributed by atoms with Gasteiger partial charge < -0.3 is 25.0 Å². The molecule has 3 aromatic heterocycles. The molecule has 20 nitrogen and oxygen atoms in total. The van der Waals surface area contributed by atoms with Crippen molar-refractivity contribution in [1.29, 1.82) is 0 Å². The van der Waals surface area contributed by atoms with Crippen LogP contribution in [0.5, 0.6) is 0 Å². The number of phosphoric acid groups is 2. The van der Waals surface area contributed by atoms with E-state index in [9.17, 15) is 28.5 Å². The highest BCUT2D eigenvalue weighted by molar-refractivity contribution is 7.47. The van der Waals surface area contributed by atoms with Crippen LogP contribution in [0, 0.1) is 0 Å². The summed E-state index contributed by atoms with van der Waals surface area (Å²) in [5.41, 5.74) is 4.37. The number of nitrogens with one attached hydrogen (secondary N) is 1. The first kappa shape index (κ1) is 30.4. The van der Waals surface area contributed by atoms with Gasteiger partial charge in [0, 0.05) is 12.6 Å². The third-order valence-electron chi connectivity index (χ3n) is 7.37. The number of nitrogens with two attached hydrogens (primary N) is 1. The van der Waals surface area contributed by atoms with Crippen LogP contribution in [0.2, 0.25) is 0 Å². The second kappa shape index (κ2) is 10.9. The molecule has 0 amide bonds. The summed E-state index contributed by atoms with van der Waals surface area (Å²) in [5, 5.41) is 0. The molecule has 7 rings (SSSR count). The molecule has 24 heteroatoms. The predicted octanol–water partition coefficient (Wildman–Crippen LogP) is 0.376. The molecule has 4 aliphatic heterocycles. The molecular weight excluding hydrogens is 656 g/mol. The number of carbonyl (C=O) groups is 1. The van der Waals surface area contributed by atoms with Crippen LogP contribution in [0.15, 0.2) is 22.4 Å². The molecule has 0 saturated carbocycles. The maximum absolute atomic E-state index is 15.8. The number of hydrogen-bond acceptors (Lipinski definition) is 15. The Hall–Kier alpha value is -3.30. The zero-order valence-electron chi connectivity index (χ0n) is 22.4. The Labute approximate surface area is 248 Å². The number of imidazole rings is 2. The number of ether oxygens (including phenoxy) is 2. The fraction of sp³-hybridized carbons (Fsp3) is 0.524. The first-order chi connectivity index (χ1) is 21.3. The van der Waals surface area contributed by atoms with E-state index in [0.717, 1.165) is 21.8 Å². The number of phosphoric ester groups is 2. The molecule has 3 fully saturated rings. The number of nitrogens with zero attached hydrogens (tertiary/aromatic N) is 6. The molecule has 4 aliphatic rings. The third kappa shape index (κ3) is 5.35. The summed E-state index contributed by atoms with van der Waals surface area (Å²) < 4.78 is 91.1. The molecule has 10 atom stereocenters. The molecule has 0 aromatic carbocycles. The predicted molar refractivity (Wildman–Crippen MR) is 141 cm³/mol. The van der Waals surface area contributed by atoms with E-state index in [4.69, 9.17) is 33.3 Å². The summed E-state index contributed by atoms with van der Waals surface area (Å²) in [6, 6.07) is 0. The van der Waals surface area contributed by atoms with Gasteiger partial charge in [-0.15, -0.1) is 0 Å². The van der Waals surface area contributed by atoms with E-state index in [1.54, 1.807) is 0 Å². The second-order valence-corrected chi connectivity index (χ2v) is 13.0. The van der Waals surface area contributed by atoms with Gasteiger partial charge in [0.05, 0.1) is 25.9 Å². The van der Waals surface area contributed by atoms with Gasteiger partial charge in [-0.3, -0.25) is 41.8 Å². The standard InChI is InChI=1S/C21H22F2N8O12P2/c22-10-8-3-38-44(34,35)42-14-9(41-19(11(14)23)30-5-26-12-7(32)1-2-25-16(12)30)4-39-45(36,37)43-15(10)20(40-8)31-6-27-13-17(31)28-21(24)29-18(13)33/h2,5-6,8-11,14-15,19-20H,1,3-4H2,(H,34,35)(H,36,37)(H3,24,28,29,33)/t8-,9-,10-,11+,14-,15-,19-,20-/m1/s1. The number of Topliss-reactive ketones (excluding diaryl/α,β-unsaturated/α-hetero) is 1. The molecule has 0 radical (unpaired) electrons. The van der Waals surface area contributed by atoms with Gasteiger partial charge in [0.15, 0.2) is 53.3 Å². The Balaban J connectivity index is 1.20. The van der Waals surface area contributed by atoms with Crippen LogP contribution in [0.3, 0.4) is 0 Å². The number of carbonyl (C=O) groups excluding carboxylic acids is 1. The Morgan fingerprint density at radius 3 is 2.36 bits per heavy atom. The molecule has 2 bridgehead atoms. The number of aliphatic imine (C=N–C) groups is 1. The van der Waals surface area contributed by atoms with Crippen LogP contribution in [-0.2, 0) is 36.7 Å². The number of alkyl halides is 2. The molecule has 5 N–H and O–H groups in total. The lowest BCUT2D eigenvalue weighted by molar-refractivity contribution is -0.0671. The minimum atomic E-state index is -5.25. The third-order valence-corrected chi connectivity index (χ3v) is 9.34. The van der Waals surface area contributed by atoms with Crippen LogP contribution in [0.4, 0.5) is 20.5 Å². The monoisotopic (exact) mass is 678 g/mol. The summed E-state index contributed by atoms with van der Waals surface area (Å²) in [4.78, 5) is 63.5. The minimum absolute atomic E-state index is 0.0279. The molecule has 2 unspecified atom stereocenters. The van der Waals surface area contributed by atoms with E-state index in [0.29, 0.717) is 0 Å². The van der Waals surface area contributed by atoms with Gasteiger partial charge in [-0.25, -0.2) is 32.9 Å². The van der Waals surface area contributed by atoms with E-state index in [1.165, 1.54) is 6.21 Å². The van der Waals surface area contributed by atoms with Crippen molar-refractivity contribution in [2.75, 3.05) is 18.9 Å². The SMILES string of the molecule is Nc1nc2c(ncn2[C@@H]2O[C@@H]3COP(=O)(O)O[C@H]4[C@H](F)[C@H](n5cnc6c5N=CCC6=O)O[C@@H]4COP(=O)(O)O[C@@H]2[C@@H]3F)c(=O)[nH]1. The quantitative estimate of drug-likeness (QED) is 0.267. The maximum Gasteiger partial charge on any atom is 0.472 e. The smallest absolute Gasteiger partial charge is 0.369 e. The van der Waals surface area contributed by atoms with Crippen molar-refractivity contribution < 1.29 is 60.1 Å². The van der Waals surface area contributed by atoms with E-state index in [2.05, 4.69) is 24.9 Å².